The van der Waals surface area contributed by atoms with Crippen LogP contribution in [0, 0.1) is 6.92 Å². The molecule has 2 rings (SSSR count). The topological polar surface area (TPSA) is 46.1 Å². The van der Waals surface area contributed by atoms with Gasteiger partial charge < -0.3 is 0 Å². The molecule has 0 spiro atoms. The first kappa shape index (κ1) is 14.1. The molecule has 2 aromatic rings. The fraction of sp³-hybridized carbons (Fsp3) is 0.462. The van der Waals surface area contributed by atoms with Gasteiger partial charge in [-0.25, -0.2) is 9.97 Å². The van der Waals surface area contributed by atoms with Crippen LogP contribution in [-0.2, 0) is 6.42 Å². The maximum Gasteiger partial charge on any atom is 0.271 e. The smallest absolute Gasteiger partial charge is 0.271 e. The molecule has 1 amide bonds. The molecular formula is C13H17N3OS2. The molecule has 0 aliphatic rings. The highest BCUT2D eigenvalue weighted by atomic mass is 32.1. The van der Waals surface area contributed by atoms with Crippen molar-refractivity contribution in [2.24, 2.45) is 0 Å². The Bertz CT molecular complexity index is 548. The predicted octanol–water partition coefficient (Wildman–Crippen LogP) is 3.53. The standard InChI is InChI=1S/C13H17N3OS2/c1-4-5-6-10-15-9(2)11(19-10)12(17)16(3)13-14-7-8-18-13/h7-8H,4-6H2,1-3H3. The third kappa shape index (κ3) is 3.19. The quantitative estimate of drug-likeness (QED) is 0.847. The number of unbranched alkanes of at least 4 members (excludes halogenated alkanes) is 1. The van der Waals surface area contributed by atoms with Gasteiger partial charge in [0, 0.05) is 18.6 Å². The summed E-state index contributed by atoms with van der Waals surface area (Å²) in [6, 6.07) is 0. The van der Waals surface area contributed by atoms with Crippen LogP contribution in [0.15, 0.2) is 11.6 Å². The molecule has 6 heteroatoms. The molecule has 19 heavy (non-hydrogen) atoms. The number of hydrogen-bond acceptors (Lipinski definition) is 5. The Hall–Kier alpha value is -1.27. The summed E-state index contributed by atoms with van der Waals surface area (Å²) >= 11 is 2.97. The van der Waals surface area contributed by atoms with E-state index in [9.17, 15) is 4.79 Å². The van der Waals surface area contributed by atoms with Gasteiger partial charge in [0.2, 0.25) is 0 Å². The average molecular weight is 295 g/mol. The SMILES string of the molecule is CCCCc1nc(C)c(C(=O)N(C)c2nccs2)s1. The molecule has 0 fully saturated rings. The van der Waals surface area contributed by atoms with Gasteiger partial charge >= 0.3 is 0 Å². The minimum Gasteiger partial charge on any atom is -0.286 e. The second-order valence-electron chi connectivity index (χ2n) is 4.30. The maximum atomic E-state index is 12.4. The Morgan fingerprint density at radius 3 is 2.89 bits per heavy atom. The van der Waals surface area contributed by atoms with Gasteiger partial charge in [0.25, 0.3) is 5.91 Å². The van der Waals surface area contributed by atoms with Crippen molar-refractivity contribution in [3.63, 3.8) is 0 Å². The lowest BCUT2D eigenvalue weighted by Gasteiger charge is -2.12. The minimum absolute atomic E-state index is 0.0206. The van der Waals surface area contributed by atoms with Gasteiger partial charge in [-0.05, 0) is 19.8 Å². The number of nitrogens with zero attached hydrogens (tertiary/aromatic N) is 3. The third-order valence-electron chi connectivity index (χ3n) is 2.79. The van der Waals surface area contributed by atoms with Crippen molar-refractivity contribution in [2.75, 3.05) is 11.9 Å². The van der Waals surface area contributed by atoms with Crippen LogP contribution in [0.5, 0.6) is 0 Å². The van der Waals surface area contributed by atoms with Gasteiger partial charge in [-0.3, -0.25) is 9.69 Å². The van der Waals surface area contributed by atoms with Crippen LogP contribution in [0.1, 0.15) is 40.1 Å². The molecule has 0 saturated heterocycles. The zero-order valence-corrected chi connectivity index (χ0v) is 13.0. The van der Waals surface area contributed by atoms with Gasteiger partial charge in [-0.15, -0.1) is 22.7 Å². The lowest BCUT2D eigenvalue weighted by Crippen LogP contribution is -2.25. The van der Waals surface area contributed by atoms with Crippen LogP contribution >= 0.6 is 22.7 Å². The van der Waals surface area contributed by atoms with E-state index in [1.54, 1.807) is 18.1 Å². The van der Waals surface area contributed by atoms with Gasteiger partial charge in [-0.2, -0.15) is 0 Å². The van der Waals surface area contributed by atoms with Crippen LogP contribution in [0.3, 0.4) is 0 Å². The van der Waals surface area contributed by atoms with Crippen molar-refractivity contribution in [2.45, 2.75) is 33.1 Å². The number of aryl methyl sites for hydroxylation is 2. The molecule has 4 nitrogen and oxygen atoms in total. The molecule has 0 N–H and O–H groups in total. The summed E-state index contributed by atoms with van der Waals surface area (Å²) in [5, 5.41) is 3.63. The average Bonchev–Trinajstić information content (AvgIpc) is 3.04. The monoisotopic (exact) mass is 295 g/mol. The Labute approximate surface area is 121 Å². The van der Waals surface area contributed by atoms with Gasteiger partial charge in [0.1, 0.15) is 4.88 Å². The molecule has 0 aliphatic carbocycles. The number of anilines is 1. The largest absolute Gasteiger partial charge is 0.286 e. The highest BCUT2D eigenvalue weighted by molar-refractivity contribution is 7.15. The summed E-state index contributed by atoms with van der Waals surface area (Å²) in [5.41, 5.74) is 0.824. The van der Waals surface area contributed by atoms with E-state index in [2.05, 4.69) is 16.9 Å². The highest BCUT2D eigenvalue weighted by Crippen LogP contribution is 2.24. The second kappa shape index (κ2) is 6.25. The van der Waals surface area contributed by atoms with Crippen molar-refractivity contribution in [3.8, 4) is 0 Å². The first-order chi connectivity index (χ1) is 9.13. The third-order valence-corrected chi connectivity index (χ3v) is 4.84. The number of thiazole rings is 2. The molecule has 2 heterocycles. The predicted molar refractivity (Wildman–Crippen MR) is 80.3 cm³/mol. The van der Waals surface area contributed by atoms with Crippen molar-refractivity contribution in [1.29, 1.82) is 0 Å². The number of amides is 1. The first-order valence-corrected chi connectivity index (χ1v) is 7.97. The van der Waals surface area contributed by atoms with E-state index in [-0.39, 0.29) is 5.91 Å². The van der Waals surface area contributed by atoms with Crippen LogP contribution in [-0.4, -0.2) is 22.9 Å². The van der Waals surface area contributed by atoms with Crippen LogP contribution in [0.25, 0.3) is 0 Å². The molecule has 0 saturated carbocycles. The number of aromatic nitrogens is 2. The lowest BCUT2D eigenvalue weighted by molar-refractivity contribution is 0.0996. The number of carbonyl (C=O) groups excluding carboxylic acids is 1. The Balaban J connectivity index is 2.17. The number of hydrogen-bond donors (Lipinski definition) is 0. The molecular weight excluding hydrogens is 278 g/mol. The highest BCUT2D eigenvalue weighted by Gasteiger charge is 2.21. The van der Waals surface area contributed by atoms with Crippen LogP contribution in [0.4, 0.5) is 5.13 Å². The molecule has 0 aliphatic heterocycles. The minimum atomic E-state index is -0.0206. The molecule has 0 bridgehead atoms. The van der Waals surface area contributed by atoms with E-state index in [1.165, 1.54) is 22.7 Å². The molecule has 0 atom stereocenters. The zero-order chi connectivity index (χ0) is 13.8. The molecule has 102 valence electrons. The van der Waals surface area contributed by atoms with Crippen molar-refractivity contribution in [3.05, 3.63) is 27.2 Å². The van der Waals surface area contributed by atoms with Crippen molar-refractivity contribution >= 4 is 33.7 Å². The summed E-state index contributed by atoms with van der Waals surface area (Å²) in [5.74, 6) is -0.0206. The maximum absolute atomic E-state index is 12.4. The summed E-state index contributed by atoms with van der Waals surface area (Å²) in [4.78, 5) is 23.4. The van der Waals surface area contributed by atoms with E-state index in [0.29, 0.717) is 5.13 Å². The lowest BCUT2D eigenvalue weighted by atomic mass is 10.3. The van der Waals surface area contributed by atoms with Gasteiger partial charge in [-0.1, -0.05) is 13.3 Å². The summed E-state index contributed by atoms with van der Waals surface area (Å²) < 4.78 is 0. The molecule has 0 unspecified atom stereocenters. The van der Waals surface area contributed by atoms with Crippen molar-refractivity contribution < 1.29 is 4.79 Å². The zero-order valence-electron chi connectivity index (χ0n) is 11.3. The van der Waals surface area contributed by atoms with Crippen LogP contribution in [0.2, 0.25) is 0 Å². The van der Waals surface area contributed by atoms with E-state index >= 15 is 0 Å². The van der Waals surface area contributed by atoms with E-state index in [1.807, 2.05) is 12.3 Å². The van der Waals surface area contributed by atoms with E-state index < -0.39 is 0 Å². The number of rotatable bonds is 5. The Morgan fingerprint density at radius 1 is 1.47 bits per heavy atom. The van der Waals surface area contributed by atoms with Crippen molar-refractivity contribution in [1.82, 2.24) is 9.97 Å². The molecule has 0 aromatic carbocycles. The molecule has 2 aromatic heterocycles. The number of carbonyl (C=O) groups is 1. The summed E-state index contributed by atoms with van der Waals surface area (Å²) in [6.45, 7) is 4.05. The fourth-order valence-electron chi connectivity index (χ4n) is 1.71. The van der Waals surface area contributed by atoms with Crippen LogP contribution < -0.4 is 4.90 Å². The second-order valence-corrected chi connectivity index (χ2v) is 6.26. The first-order valence-electron chi connectivity index (χ1n) is 6.27. The van der Waals surface area contributed by atoms with E-state index in [4.69, 9.17) is 0 Å². The normalized spacial score (nSPS) is 10.7. The molecule has 0 radical (unpaired) electrons. The summed E-state index contributed by atoms with van der Waals surface area (Å²) in [7, 11) is 1.76. The van der Waals surface area contributed by atoms with Gasteiger partial charge in [0.05, 0.1) is 10.7 Å². The Kier molecular flexibility index (Phi) is 4.66. The van der Waals surface area contributed by atoms with Gasteiger partial charge in [0.15, 0.2) is 5.13 Å². The fourth-order valence-corrected chi connectivity index (χ4v) is 3.39. The summed E-state index contributed by atoms with van der Waals surface area (Å²) in [6.07, 6.45) is 4.91. The Morgan fingerprint density at radius 2 is 2.26 bits per heavy atom. The van der Waals surface area contributed by atoms with E-state index in [0.717, 1.165) is 34.8 Å².